The summed E-state index contributed by atoms with van der Waals surface area (Å²) in [6.45, 7) is 4.92. The Morgan fingerprint density at radius 1 is 0.962 bits per heavy atom. The highest BCUT2D eigenvalue weighted by Gasteiger charge is 2.17. The van der Waals surface area contributed by atoms with Crippen molar-refractivity contribution in [2.75, 3.05) is 31.5 Å². The summed E-state index contributed by atoms with van der Waals surface area (Å²) in [6.07, 6.45) is 9.37. The van der Waals surface area contributed by atoms with Gasteiger partial charge >= 0.3 is 0 Å². The molecule has 5 heteroatoms. The van der Waals surface area contributed by atoms with Crippen molar-refractivity contribution in [2.45, 2.75) is 58.3 Å². The molecule has 0 spiro atoms. The lowest BCUT2D eigenvalue weighted by atomic mass is 10.1. The Bertz CT molecular complexity index is 551. The zero-order valence-electron chi connectivity index (χ0n) is 16.1. The van der Waals surface area contributed by atoms with Crippen LogP contribution in [0.4, 0.5) is 5.69 Å². The number of hydrogen-bond acceptors (Lipinski definition) is 3. The summed E-state index contributed by atoms with van der Waals surface area (Å²) in [5.41, 5.74) is 1.58. The van der Waals surface area contributed by atoms with E-state index in [1.807, 2.05) is 29.2 Å². The zero-order valence-corrected chi connectivity index (χ0v) is 16.1. The Balaban J connectivity index is 1.66. The Morgan fingerprint density at radius 2 is 1.65 bits per heavy atom. The second-order valence-electron chi connectivity index (χ2n) is 7.05. The summed E-state index contributed by atoms with van der Waals surface area (Å²) in [5, 5.41) is 6.05. The van der Waals surface area contributed by atoms with Crippen LogP contribution >= 0.6 is 0 Å². The maximum atomic E-state index is 12.4. The van der Waals surface area contributed by atoms with E-state index < -0.39 is 0 Å². The number of likely N-dealkylation sites (tertiary alicyclic amines) is 1. The fraction of sp³-hybridized carbons (Fsp3) is 0.619. The van der Waals surface area contributed by atoms with Gasteiger partial charge in [0.2, 0.25) is 5.91 Å². The van der Waals surface area contributed by atoms with E-state index in [1.54, 1.807) is 0 Å². The van der Waals surface area contributed by atoms with Crippen LogP contribution in [0.25, 0.3) is 0 Å². The lowest BCUT2D eigenvalue weighted by Crippen LogP contribution is -2.35. The molecule has 1 aliphatic heterocycles. The number of benzene rings is 1. The summed E-state index contributed by atoms with van der Waals surface area (Å²) < 4.78 is 0. The van der Waals surface area contributed by atoms with Crippen LogP contribution < -0.4 is 10.6 Å². The lowest BCUT2D eigenvalue weighted by molar-refractivity contribution is -0.119. The minimum atomic E-state index is 0.00830. The van der Waals surface area contributed by atoms with Crippen molar-refractivity contribution < 1.29 is 9.59 Å². The van der Waals surface area contributed by atoms with E-state index in [4.69, 9.17) is 0 Å². The molecule has 1 heterocycles. The van der Waals surface area contributed by atoms with Crippen LogP contribution in [-0.2, 0) is 4.79 Å². The molecule has 0 saturated carbocycles. The molecule has 1 aromatic rings. The predicted octanol–water partition coefficient (Wildman–Crippen LogP) is 3.81. The normalized spacial score (nSPS) is 14.1. The van der Waals surface area contributed by atoms with E-state index in [-0.39, 0.29) is 18.4 Å². The Morgan fingerprint density at radius 3 is 2.35 bits per heavy atom. The number of anilines is 1. The molecule has 0 atom stereocenters. The van der Waals surface area contributed by atoms with Crippen molar-refractivity contribution >= 4 is 17.5 Å². The van der Waals surface area contributed by atoms with Crippen LogP contribution in [0.2, 0.25) is 0 Å². The number of rotatable bonds is 10. The third-order valence-electron chi connectivity index (χ3n) is 4.83. The first kappa shape index (κ1) is 20.3. The number of unbranched alkanes of at least 4 members (excludes halogenated alkanes) is 4. The number of piperidine rings is 1. The molecular formula is C21H33N3O2. The van der Waals surface area contributed by atoms with Gasteiger partial charge in [-0.15, -0.1) is 0 Å². The molecule has 0 unspecified atom stereocenters. The average Bonchev–Trinajstić information content (AvgIpc) is 2.69. The highest BCUT2D eigenvalue weighted by Crippen LogP contribution is 2.15. The van der Waals surface area contributed by atoms with E-state index in [0.717, 1.165) is 44.6 Å². The van der Waals surface area contributed by atoms with E-state index in [9.17, 15) is 9.59 Å². The molecule has 1 fully saturated rings. The van der Waals surface area contributed by atoms with Crippen molar-refractivity contribution in [2.24, 2.45) is 0 Å². The monoisotopic (exact) mass is 359 g/mol. The molecule has 0 radical (unpaired) electrons. The molecule has 144 valence electrons. The largest absolute Gasteiger partial charge is 0.376 e. The van der Waals surface area contributed by atoms with Gasteiger partial charge in [0.05, 0.1) is 6.54 Å². The number of carbonyl (C=O) groups is 2. The summed E-state index contributed by atoms with van der Waals surface area (Å²) in [5.74, 6) is 0.117. The van der Waals surface area contributed by atoms with E-state index in [2.05, 4.69) is 17.6 Å². The van der Waals surface area contributed by atoms with Crippen molar-refractivity contribution in [1.29, 1.82) is 0 Å². The van der Waals surface area contributed by atoms with Crippen LogP contribution in [0.5, 0.6) is 0 Å². The summed E-state index contributed by atoms with van der Waals surface area (Å²) in [6, 6.07) is 7.42. The van der Waals surface area contributed by atoms with Gasteiger partial charge in [-0.25, -0.2) is 0 Å². The maximum Gasteiger partial charge on any atom is 0.253 e. The Labute approximate surface area is 157 Å². The Kier molecular flexibility index (Phi) is 9.01. The van der Waals surface area contributed by atoms with Gasteiger partial charge in [0.15, 0.2) is 0 Å². The molecular weight excluding hydrogens is 326 g/mol. The number of nitrogens with one attached hydrogen (secondary N) is 2. The van der Waals surface area contributed by atoms with E-state index >= 15 is 0 Å². The number of carbonyl (C=O) groups excluding carboxylic acids is 2. The highest BCUT2D eigenvalue weighted by molar-refractivity contribution is 5.94. The molecule has 1 aromatic carbocycles. The molecule has 1 saturated heterocycles. The number of nitrogens with zero attached hydrogens (tertiary/aromatic N) is 1. The first-order chi connectivity index (χ1) is 12.7. The van der Waals surface area contributed by atoms with Crippen molar-refractivity contribution in [3.8, 4) is 0 Å². The predicted molar refractivity (Wildman–Crippen MR) is 106 cm³/mol. The minimum Gasteiger partial charge on any atom is -0.376 e. The second kappa shape index (κ2) is 11.6. The average molecular weight is 360 g/mol. The van der Waals surface area contributed by atoms with Crippen LogP contribution in [0.3, 0.4) is 0 Å². The van der Waals surface area contributed by atoms with Crippen LogP contribution in [0, 0.1) is 0 Å². The zero-order chi connectivity index (χ0) is 18.6. The van der Waals surface area contributed by atoms with Crippen LogP contribution in [0.15, 0.2) is 24.3 Å². The molecule has 0 bridgehead atoms. The molecule has 1 aliphatic rings. The lowest BCUT2D eigenvalue weighted by Gasteiger charge is -2.26. The number of hydrogen-bond donors (Lipinski definition) is 2. The van der Waals surface area contributed by atoms with Gasteiger partial charge in [0.25, 0.3) is 5.91 Å². The topological polar surface area (TPSA) is 61.4 Å². The van der Waals surface area contributed by atoms with E-state index in [0.29, 0.717) is 5.56 Å². The fourth-order valence-corrected chi connectivity index (χ4v) is 3.21. The Hall–Kier alpha value is -2.04. The van der Waals surface area contributed by atoms with E-state index in [1.165, 1.54) is 32.1 Å². The van der Waals surface area contributed by atoms with Gasteiger partial charge in [-0.2, -0.15) is 0 Å². The second-order valence-corrected chi connectivity index (χ2v) is 7.05. The quantitative estimate of drug-likeness (QED) is 0.625. The first-order valence-corrected chi connectivity index (χ1v) is 10.1. The first-order valence-electron chi connectivity index (χ1n) is 10.1. The third-order valence-corrected chi connectivity index (χ3v) is 4.83. The van der Waals surface area contributed by atoms with Crippen molar-refractivity contribution in [3.63, 3.8) is 0 Å². The van der Waals surface area contributed by atoms with Gasteiger partial charge in [-0.05, 0) is 49.9 Å². The molecule has 0 aromatic heterocycles. The minimum absolute atomic E-state index is 0.00830. The molecule has 0 aliphatic carbocycles. The fourth-order valence-electron chi connectivity index (χ4n) is 3.21. The molecule has 2 rings (SSSR count). The number of amides is 2. The standard InChI is InChI=1S/C21H33N3O2/c1-2-3-4-5-7-14-22-20(25)17-23-19-12-10-18(11-13-19)21(26)24-15-8-6-9-16-24/h10-13,23H,2-9,14-17H2,1H3,(H,22,25). The van der Waals surface area contributed by atoms with Crippen LogP contribution in [0.1, 0.15) is 68.6 Å². The van der Waals surface area contributed by atoms with Gasteiger partial charge in [0.1, 0.15) is 0 Å². The summed E-state index contributed by atoms with van der Waals surface area (Å²) in [4.78, 5) is 26.2. The van der Waals surface area contributed by atoms with Crippen molar-refractivity contribution in [3.05, 3.63) is 29.8 Å². The maximum absolute atomic E-state index is 12.4. The molecule has 5 nitrogen and oxygen atoms in total. The highest BCUT2D eigenvalue weighted by atomic mass is 16.2. The summed E-state index contributed by atoms with van der Waals surface area (Å²) in [7, 11) is 0. The van der Waals surface area contributed by atoms with Gasteiger partial charge in [-0.1, -0.05) is 32.6 Å². The smallest absolute Gasteiger partial charge is 0.253 e. The van der Waals surface area contributed by atoms with Gasteiger partial charge in [-0.3, -0.25) is 9.59 Å². The van der Waals surface area contributed by atoms with Gasteiger partial charge < -0.3 is 15.5 Å². The molecule has 2 N–H and O–H groups in total. The van der Waals surface area contributed by atoms with Gasteiger partial charge in [0, 0.05) is 30.9 Å². The van der Waals surface area contributed by atoms with Crippen LogP contribution in [-0.4, -0.2) is 42.9 Å². The molecule has 26 heavy (non-hydrogen) atoms. The van der Waals surface area contributed by atoms with Crippen molar-refractivity contribution in [1.82, 2.24) is 10.2 Å². The summed E-state index contributed by atoms with van der Waals surface area (Å²) >= 11 is 0. The molecule has 2 amide bonds. The third kappa shape index (κ3) is 7.06. The SMILES string of the molecule is CCCCCCCNC(=O)CNc1ccc(C(=O)N2CCCCC2)cc1.